The van der Waals surface area contributed by atoms with E-state index >= 15 is 0 Å². The highest BCUT2D eigenvalue weighted by atomic mass is 16.5. The van der Waals surface area contributed by atoms with Crippen molar-refractivity contribution in [3.8, 4) is 0 Å². The molecule has 8 nitrogen and oxygen atoms in total. The monoisotopic (exact) mass is 580 g/mol. The van der Waals surface area contributed by atoms with Crippen LogP contribution in [0.4, 0.5) is 0 Å². The zero-order valence-corrected chi connectivity index (χ0v) is 25.7. The summed E-state index contributed by atoms with van der Waals surface area (Å²) in [5, 5.41) is 7.17. The van der Waals surface area contributed by atoms with Crippen molar-refractivity contribution in [3.05, 3.63) is 80.4 Å². The third-order valence-electron chi connectivity index (χ3n) is 8.69. The van der Waals surface area contributed by atoms with E-state index in [0.717, 1.165) is 54.2 Å². The van der Waals surface area contributed by atoms with E-state index in [1.54, 1.807) is 26.8 Å². The largest absolute Gasteiger partial charge is 0.465 e. The molecule has 0 N–H and O–H groups in total. The first-order valence-corrected chi connectivity index (χ1v) is 13.7. The van der Waals surface area contributed by atoms with E-state index in [-0.39, 0.29) is 22.3 Å². The Morgan fingerprint density at radius 3 is 1.14 bits per heavy atom. The Labute approximate surface area is 248 Å². The summed E-state index contributed by atoms with van der Waals surface area (Å²) in [4.78, 5) is 51.2. The first-order chi connectivity index (χ1) is 20.4. The molecular weight excluding hydrogens is 548 g/mol. The third kappa shape index (κ3) is 4.28. The van der Waals surface area contributed by atoms with E-state index < -0.39 is 23.9 Å². The SMILES string of the molecule is COC(=O)c1cc2cc3c(C)c4cc5c(C)c(C(=O)OC)c(C(=O)OC)c(C)c5cc4c(C)c3cc2c(C)c1C(=O)OC. The van der Waals surface area contributed by atoms with E-state index in [2.05, 4.69) is 12.1 Å². The summed E-state index contributed by atoms with van der Waals surface area (Å²) in [5.74, 6) is -2.45. The Morgan fingerprint density at radius 2 is 0.721 bits per heavy atom. The van der Waals surface area contributed by atoms with Crippen molar-refractivity contribution in [1.82, 2.24) is 0 Å². The average Bonchev–Trinajstić information content (AvgIpc) is 3.02. The van der Waals surface area contributed by atoms with Crippen LogP contribution in [-0.4, -0.2) is 52.3 Å². The van der Waals surface area contributed by atoms with Gasteiger partial charge in [0.2, 0.25) is 0 Å². The van der Waals surface area contributed by atoms with Gasteiger partial charge in [0.1, 0.15) is 0 Å². The molecule has 0 aliphatic carbocycles. The lowest BCUT2D eigenvalue weighted by atomic mass is 9.84. The molecule has 5 aromatic rings. The van der Waals surface area contributed by atoms with Gasteiger partial charge in [-0.1, -0.05) is 0 Å². The molecule has 0 atom stereocenters. The molecule has 0 bridgehead atoms. The highest BCUT2D eigenvalue weighted by molar-refractivity contribution is 6.18. The zero-order chi connectivity index (χ0) is 31.5. The maximum absolute atomic E-state index is 12.9. The predicted molar refractivity (Wildman–Crippen MR) is 166 cm³/mol. The Morgan fingerprint density at radius 1 is 0.395 bits per heavy atom. The predicted octanol–water partition coefficient (Wildman–Crippen LogP) is 6.99. The van der Waals surface area contributed by atoms with E-state index in [9.17, 15) is 19.2 Å². The number of methoxy groups -OCH3 is 4. The number of fused-ring (bicyclic) bond motifs is 4. The smallest absolute Gasteiger partial charge is 0.339 e. The molecule has 0 unspecified atom stereocenters. The van der Waals surface area contributed by atoms with Gasteiger partial charge in [0.15, 0.2) is 0 Å². The molecule has 0 spiro atoms. The topological polar surface area (TPSA) is 105 Å². The van der Waals surface area contributed by atoms with Crippen LogP contribution in [0.5, 0.6) is 0 Å². The minimum absolute atomic E-state index is 0.141. The molecule has 5 rings (SSSR count). The van der Waals surface area contributed by atoms with Crippen molar-refractivity contribution in [3.63, 3.8) is 0 Å². The number of hydrogen-bond acceptors (Lipinski definition) is 8. The number of benzene rings is 5. The molecule has 0 amide bonds. The standard InChI is InChI=1S/C35H32O8/c1-15-22-10-20-11-28(32(36)40-6)29(33(37)41-7)17(3)21(20)12-23(22)16(2)25-14-27-19(5)31(35(39)43-9)30(34(38)42-8)18(4)26(27)13-24(15)25/h10-14H,1-9H3. The quantitative estimate of drug-likeness (QED) is 0.127. The van der Waals surface area contributed by atoms with Gasteiger partial charge < -0.3 is 18.9 Å². The Hall–Kier alpha value is -4.98. The maximum atomic E-state index is 12.9. The molecule has 0 heterocycles. The Kier molecular flexibility index (Phi) is 7.34. The molecule has 0 saturated carbocycles. The van der Waals surface area contributed by atoms with Gasteiger partial charge in [-0.15, -0.1) is 0 Å². The number of rotatable bonds is 4. The molecular formula is C35H32O8. The summed E-state index contributed by atoms with van der Waals surface area (Å²) < 4.78 is 20.1. The lowest BCUT2D eigenvalue weighted by Gasteiger charge is -2.20. The maximum Gasteiger partial charge on any atom is 0.339 e. The molecule has 43 heavy (non-hydrogen) atoms. The lowest BCUT2D eigenvalue weighted by molar-refractivity contribution is 0.0554. The fourth-order valence-corrected chi connectivity index (χ4v) is 6.37. The van der Waals surface area contributed by atoms with Gasteiger partial charge in [0.05, 0.1) is 50.7 Å². The molecule has 8 heteroatoms. The minimum atomic E-state index is -0.623. The van der Waals surface area contributed by atoms with E-state index in [1.807, 2.05) is 26.0 Å². The van der Waals surface area contributed by atoms with Gasteiger partial charge in [0, 0.05) is 0 Å². The first-order valence-electron chi connectivity index (χ1n) is 13.7. The molecule has 5 aromatic carbocycles. The Balaban J connectivity index is 1.95. The highest BCUT2D eigenvalue weighted by Gasteiger charge is 2.27. The average molecular weight is 581 g/mol. The first kappa shape index (κ1) is 29.5. The fourth-order valence-electron chi connectivity index (χ4n) is 6.37. The molecule has 0 fully saturated rings. The van der Waals surface area contributed by atoms with Gasteiger partial charge in [-0.3, -0.25) is 0 Å². The number of carbonyl (C=O) groups excluding carboxylic acids is 4. The lowest BCUT2D eigenvalue weighted by Crippen LogP contribution is -2.16. The second kappa shape index (κ2) is 10.7. The Bertz CT molecular complexity index is 2080. The van der Waals surface area contributed by atoms with Crippen molar-refractivity contribution in [2.75, 3.05) is 28.4 Å². The van der Waals surface area contributed by atoms with Gasteiger partial charge >= 0.3 is 23.9 Å². The number of esters is 4. The van der Waals surface area contributed by atoms with Crippen molar-refractivity contribution >= 4 is 67.0 Å². The van der Waals surface area contributed by atoms with Crippen LogP contribution in [-0.2, 0) is 18.9 Å². The molecule has 0 aromatic heterocycles. The van der Waals surface area contributed by atoms with Crippen molar-refractivity contribution in [1.29, 1.82) is 0 Å². The van der Waals surface area contributed by atoms with Gasteiger partial charge in [-0.05, 0) is 136 Å². The summed E-state index contributed by atoms with van der Waals surface area (Å²) in [6.07, 6.45) is 0. The molecule has 0 aliphatic rings. The van der Waals surface area contributed by atoms with Crippen LogP contribution in [0, 0.1) is 34.6 Å². The normalized spacial score (nSPS) is 11.3. The van der Waals surface area contributed by atoms with Gasteiger partial charge in [-0.2, -0.15) is 0 Å². The van der Waals surface area contributed by atoms with Crippen molar-refractivity contribution in [2.45, 2.75) is 34.6 Å². The van der Waals surface area contributed by atoms with Gasteiger partial charge in [0.25, 0.3) is 0 Å². The molecule has 0 aliphatic heterocycles. The third-order valence-corrected chi connectivity index (χ3v) is 8.69. The molecule has 0 radical (unpaired) electrons. The zero-order valence-electron chi connectivity index (χ0n) is 25.7. The van der Waals surface area contributed by atoms with Gasteiger partial charge in [-0.25, -0.2) is 19.2 Å². The van der Waals surface area contributed by atoms with Crippen LogP contribution < -0.4 is 0 Å². The summed E-state index contributed by atoms with van der Waals surface area (Å²) in [6.45, 7) is 9.47. The van der Waals surface area contributed by atoms with Crippen molar-refractivity contribution < 1.29 is 38.1 Å². The molecule has 0 saturated heterocycles. The van der Waals surface area contributed by atoms with Crippen molar-refractivity contribution in [2.24, 2.45) is 0 Å². The number of aryl methyl sites for hydroxylation is 5. The van der Waals surface area contributed by atoms with E-state index in [1.165, 1.54) is 28.4 Å². The van der Waals surface area contributed by atoms with Crippen LogP contribution in [0.2, 0.25) is 0 Å². The van der Waals surface area contributed by atoms with Crippen LogP contribution in [0.1, 0.15) is 69.2 Å². The fraction of sp³-hybridized carbons (Fsp3) is 0.257. The van der Waals surface area contributed by atoms with Crippen LogP contribution in [0.3, 0.4) is 0 Å². The summed E-state index contributed by atoms with van der Waals surface area (Å²) in [7, 11) is 5.13. The molecule has 220 valence electrons. The number of hydrogen-bond donors (Lipinski definition) is 0. The second-order valence-corrected chi connectivity index (χ2v) is 10.7. The number of carbonyl (C=O) groups is 4. The summed E-state index contributed by atoms with van der Waals surface area (Å²) >= 11 is 0. The van der Waals surface area contributed by atoms with Crippen LogP contribution in [0.25, 0.3) is 43.1 Å². The van der Waals surface area contributed by atoms with E-state index in [4.69, 9.17) is 18.9 Å². The summed E-state index contributed by atoms with van der Waals surface area (Å²) in [6, 6.07) is 9.84. The van der Waals surface area contributed by atoms with Crippen LogP contribution in [0.15, 0.2) is 30.3 Å². The number of ether oxygens (including phenoxy) is 4. The second-order valence-electron chi connectivity index (χ2n) is 10.7. The highest BCUT2D eigenvalue weighted by Crippen LogP contribution is 2.41. The van der Waals surface area contributed by atoms with E-state index in [0.29, 0.717) is 16.7 Å². The van der Waals surface area contributed by atoms with Crippen LogP contribution >= 0.6 is 0 Å². The minimum Gasteiger partial charge on any atom is -0.465 e. The summed E-state index contributed by atoms with van der Waals surface area (Å²) in [5.41, 5.74) is 4.56.